The number of hydrogen-bond acceptors (Lipinski definition) is 2. The van der Waals surface area contributed by atoms with Crippen LogP contribution >= 0.6 is 0 Å². The molecule has 1 aliphatic heterocycles. The van der Waals surface area contributed by atoms with Gasteiger partial charge in [-0.3, -0.25) is 4.79 Å². The molecule has 2 heterocycles. The van der Waals surface area contributed by atoms with Gasteiger partial charge in [0.1, 0.15) is 5.82 Å². The van der Waals surface area contributed by atoms with E-state index in [1.165, 1.54) is 49.8 Å². The Morgan fingerprint density at radius 3 is 2.59 bits per heavy atom. The summed E-state index contributed by atoms with van der Waals surface area (Å²) in [5.41, 5.74) is 2.52. The van der Waals surface area contributed by atoms with E-state index in [9.17, 15) is 4.79 Å². The number of imidazole rings is 1. The summed E-state index contributed by atoms with van der Waals surface area (Å²) in [6.45, 7) is 4.86. The molecule has 2 aromatic rings. The highest BCUT2D eigenvalue weighted by atomic mass is 16.2. The van der Waals surface area contributed by atoms with Crippen molar-refractivity contribution in [2.45, 2.75) is 71.3 Å². The van der Waals surface area contributed by atoms with Crippen molar-refractivity contribution in [1.82, 2.24) is 14.5 Å². The Morgan fingerprint density at radius 2 is 1.79 bits per heavy atom. The fourth-order valence-electron chi connectivity index (χ4n) is 5.14. The summed E-state index contributed by atoms with van der Waals surface area (Å²) >= 11 is 0. The zero-order chi connectivity index (χ0) is 20.1. The lowest BCUT2D eigenvalue weighted by Crippen LogP contribution is -2.41. The molecule has 1 saturated heterocycles. The molecule has 4 rings (SSSR count). The second-order valence-electron chi connectivity index (χ2n) is 9.15. The third-order valence-corrected chi connectivity index (χ3v) is 6.85. The fraction of sp³-hybridized carbons (Fsp3) is 0.600. The second-order valence-corrected chi connectivity index (χ2v) is 9.15. The molecule has 0 spiro atoms. The van der Waals surface area contributed by atoms with Crippen LogP contribution in [0.5, 0.6) is 0 Å². The van der Waals surface area contributed by atoms with E-state index in [0.29, 0.717) is 17.7 Å². The number of amides is 1. The van der Waals surface area contributed by atoms with Crippen LogP contribution in [0.1, 0.15) is 68.4 Å². The minimum Gasteiger partial charge on any atom is -0.342 e. The van der Waals surface area contributed by atoms with Gasteiger partial charge in [0.15, 0.2) is 0 Å². The molecule has 0 radical (unpaired) electrons. The quantitative estimate of drug-likeness (QED) is 0.693. The lowest BCUT2D eigenvalue weighted by molar-refractivity contribution is -0.134. The van der Waals surface area contributed by atoms with E-state index >= 15 is 0 Å². The van der Waals surface area contributed by atoms with Crippen LogP contribution in [0.4, 0.5) is 0 Å². The molecule has 1 amide bonds. The summed E-state index contributed by atoms with van der Waals surface area (Å²) in [6.07, 6.45) is 12.5. The summed E-state index contributed by atoms with van der Waals surface area (Å²) in [5, 5.41) is 0. The van der Waals surface area contributed by atoms with E-state index in [2.05, 4.69) is 46.7 Å². The first-order valence-electron chi connectivity index (χ1n) is 11.5. The summed E-state index contributed by atoms with van der Waals surface area (Å²) in [5.74, 6) is 2.71. The number of carbonyl (C=O) groups is 1. The standard InChI is InChI=1S/C25H35N3O/c1-20-17-26-24(28(20)19-22-11-6-3-7-12-22)15-23-13-8-14-27(18-23)25(29)16-21-9-4-2-5-10-21/h3,6-7,11-12,17,21,23H,2,4-5,8-10,13-16,18-19H2,1H3. The van der Waals surface area contributed by atoms with Gasteiger partial charge >= 0.3 is 0 Å². The topological polar surface area (TPSA) is 38.1 Å². The molecule has 1 aromatic heterocycles. The molecule has 2 aliphatic rings. The Bertz CT molecular complexity index is 792. The number of piperidine rings is 1. The van der Waals surface area contributed by atoms with Crippen LogP contribution in [-0.2, 0) is 17.8 Å². The van der Waals surface area contributed by atoms with E-state index in [1.54, 1.807) is 0 Å². The van der Waals surface area contributed by atoms with Gasteiger partial charge in [-0.05, 0) is 50.0 Å². The lowest BCUT2D eigenvalue weighted by atomic mass is 9.86. The molecule has 1 atom stereocenters. The van der Waals surface area contributed by atoms with Crippen LogP contribution < -0.4 is 0 Å². The van der Waals surface area contributed by atoms with Crippen LogP contribution in [0.15, 0.2) is 36.5 Å². The molecule has 4 nitrogen and oxygen atoms in total. The highest BCUT2D eigenvalue weighted by molar-refractivity contribution is 5.76. The van der Waals surface area contributed by atoms with Crippen LogP contribution in [0.2, 0.25) is 0 Å². The average Bonchev–Trinajstić information content (AvgIpc) is 3.09. The van der Waals surface area contributed by atoms with Gasteiger partial charge in [0, 0.05) is 44.4 Å². The van der Waals surface area contributed by atoms with Crippen LogP contribution in [0.25, 0.3) is 0 Å². The van der Waals surface area contributed by atoms with Crippen molar-refractivity contribution in [2.75, 3.05) is 13.1 Å². The minimum atomic E-state index is 0.394. The summed E-state index contributed by atoms with van der Waals surface area (Å²) in [6, 6.07) is 10.6. The van der Waals surface area contributed by atoms with Crippen LogP contribution in [-0.4, -0.2) is 33.4 Å². The second kappa shape index (κ2) is 9.60. The number of hydrogen-bond donors (Lipinski definition) is 0. The highest BCUT2D eigenvalue weighted by Gasteiger charge is 2.27. The van der Waals surface area contributed by atoms with Crippen LogP contribution in [0, 0.1) is 18.8 Å². The third kappa shape index (κ3) is 5.29. The van der Waals surface area contributed by atoms with Gasteiger partial charge in [0.2, 0.25) is 5.91 Å². The Kier molecular flexibility index (Phi) is 6.68. The number of rotatable bonds is 6. The monoisotopic (exact) mass is 393 g/mol. The summed E-state index contributed by atoms with van der Waals surface area (Å²) < 4.78 is 2.35. The molecule has 0 N–H and O–H groups in total. The van der Waals surface area contributed by atoms with Crippen molar-refractivity contribution in [2.24, 2.45) is 11.8 Å². The Balaban J connectivity index is 1.36. The first kappa shape index (κ1) is 20.2. The minimum absolute atomic E-state index is 0.394. The average molecular weight is 394 g/mol. The molecule has 0 bridgehead atoms. The zero-order valence-electron chi connectivity index (χ0n) is 17.9. The van der Waals surface area contributed by atoms with Crippen molar-refractivity contribution in [3.05, 3.63) is 53.6 Å². The van der Waals surface area contributed by atoms with Crippen LogP contribution in [0.3, 0.4) is 0 Å². The molecule has 1 aliphatic carbocycles. The first-order valence-corrected chi connectivity index (χ1v) is 11.5. The van der Waals surface area contributed by atoms with Crippen molar-refractivity contribution in [3.63, 3.8) is 0 Å². The number of aryl methyl sites for hydroxylation is 1. The predicted octanol–water partition coefficient (Wildman–Crippen LogP) is 4.99. The van der Waals surface area contributed by atoms with Crippen molar-refractivity contribution in [1.29, 1.82) is 0 Å². The predicted molar refractivity (Wildman–Crippen MR) is 117 cm³/mol. The molecule has 29 heavy (non-hydrogen) atoms. The van der Waals surface area contributed by atoms with Crippen molar-refractivity contribution in [3.8, 4) is 0 Å². The Hall–Kier alpha value is -2.10. The SMILES string of the molecule is Cc1cnc(CC2CCCN(C(=O)CC3CCCCC3)C2)n1Cc1ccccc1. The maximum atomic E-state index is 12.9. The van der Waals surface area contributed by atoms with Gasteiger partial charge in [-0.1, -0.05) is 49.6 Å². The maximum absolute atomic E-state index is 12.9. The van der Waals surface area contributed by atoms with Crippen molar-refractivity contribution < 1.29 is 4.79 Å². The number of likely N-dealkylation sites (tertiary alicyclic amines) is 1. The fourth-order valence-corrected chi connectivity index (χ4v) is 5.14. The van der Waals surface area contributed by atoms with E-state index in [0.717, 1.165) is 44.7 Å². The third-order valence-electron chi connectivity index (χ3n) is 6.85. The highest BCUT2D eigenvalue weighted by Crippen LogP contribution is 2.28. The molecular formula is C25H35N3O. The van der Waals surface area contributed by atoms with Gasteiger partial charge in [0.25, 0.3) is 0 Å². The van der Waals surface area contributed by atoms with E-state index in [-0.39, 0.29) is 0 Å². The largest absolute Gasteiger partial charge is 0.342 e. The Morgan fingerprint density at radius 1 is 1.03 bits per heavy atom. The molecule has 1 aromatic carbocycles. The normalized spacial score (nSPS) is 20.7. The first-order chi connectivity index (χ1) is 14.2. The maximum Gasteiger partial charge on any atom is 0.222 e. The number of carbonyl (C=O) groups excluding carboxylic acids is 1. The smallest absolute Gasteiger partial charge is 0.222 e. The van der Waals surface area contributed by atoms with Gasteiger partial charge in [0.05, 0.1) is 0 Å². The molecule has 4 heteroatoms. The Labute approximate surface area is 175 Å². The van der Waals surface area contributed by atoms with Gasteiger partial charge in [-0.25, -0.2) is 4.98 Å². The number of benzene rings is 1. The van der Waals surface area contributed by atoms with Gasteiger partial charge < -0.3 is 9.47 Å². The molecule has 2 fully saturated rings. The zero-order valence-corrected chi connectivity index (χ0v) is 17.9. The molecule has 156 valence electrons. The molecule has 1 unspecified atom stereocenters. The van der Waals surface area contributed by atoms with E-state index in [4.69, 9.17) is 4.98 Å². The number of nitrogens with zero attached hydrogens (tertiary/aromatic N) is 3. The summed E-state index contributed by atoms with van der Waals surface area (Å²) in [7, 11) is 0. The van der Waals surface area contributed by atoms with E-state index in [1.807, 2.05) is 6.20 Å². The van der Waals surface area contributed by atoms with E-state index < -0.39 is 0 Å². The van der Waals surface area contributed by atoms with Gasteiger partial charge in [-0.15, -0.1) is 0 Å². The molecule has 1 saturated carbocycles. The molecular weight excluding hydrogens is 358 g/mol. The summed E-state index contributed by atoms with van der Waals surface area (Å²) in [4.78, 5) is 19.8. The lowest BCUT2D eigenvalue weighted by Gasteiger charge is -2.34. The van der Waals surface area contributed by atoms with Crippen molar-refractivity contribution >= 4 is 5.91 Å². The number of aromatic nitrogens is 2. The van der Waals surface area contributed by atoms with Gasteiger partial charge in [-0.2, -0.15) is 0 Å².